The number of hydrogen-bond acceptors (Lipinski definition) is 3. The van der Waals surface area contributed by atoms with Gasteiger partial charge in [-0.3, -0.25) is 14.5 Å². The number of likely N-dealkylation sites (tertiary alicyclic amines) is 1. The lowest BCUT2D eigenvalue weighted by atomic mass is 10.1. The van der Waals surface area contributed by atoms with Crippen molar-refractivity contribution in [2.75, 3.05) is 5.73 Å². The fourth-order valence-corrected chi connectivity index (χ4v) is 1.93. The van der Waals surface area contributed by atoms with E-state index in [2.05, 4.69) is 0 Å². The molecule has 1 aromatic rings. The molecule has 2 rings (SSSR count). The lowest BCUT2D eigenvalue weighted by Gasteiger charge is -2.24. The van der Waals surface area contributed by atoms with Gasteiger partial charge in [0.25, 0.3) is 0 Å². The number of benzene rings is 1. The maximum Gasteiger partial charge on any atom is 0.229 e. The van der Waals surface area contributed by atoms with Gasteiger partial charge in [0.05, 0.1) is 6.54 Å². The van der Waals surface area contributed by atoms with E-state index in [4.69, 9.17) is 5.73 Å². The predicted octanol–water partition coefficient (Wildman–Crippen LogP) is 1.45. The maximum atomic E-state index is 13.1. The third-order valence-corrected chi connectivity index (χ3v) is 2.70. The molecule has 1 aliphatic heterocycles. The molecule has 2 amide bonds. The predicted molar refractivity (Wildman–Crippen MR) is 60.2 cm³/mol. The van der Waals surface area contributed by atoms with Gasteiger partial charge in [0.15, 0.2) is 0 Å². The second kappa shape index (κ2) is 4.53. The number of carbonyl (C=O) groups is 2. The van der Waals surface area contributed by atoms with E-state index in [1.165, 1.54) is 12.1 Å². The van der Waals surface area contributed by atoms with Crippen LogP contribution in [0, 0.1) is 5.82 Å². The Hall–Kier alpha value is -1.91. The third kappa shape index (κ3) is 2.61. The highest BCUT2D eigenvalue weighted by molar-refractivity contribution is 5.97. The number of anilines is 1. The van der Waals surface area contributed by atoms with E-state index in [0.29, 0.717) is 24.8 Å². The molecular formula is C12H13FN2O2. The average Bonchev–Trinajstić information content (AvgIpc) is 2.22. The van der Waals surface area contributed by atoms with Crippen LogP contribution in [0.5, 0.6) is 0 Å². The molecule has 1 saturated heterocycles. The Bertz CT molecular complexity index is 437. The smallest absolute Gasteiger partial charge is 0.229 e. The van der Waals surface area contributed by atoms with Gasteiger partial charge in [-0.2, -0.15) is 0 Å². The first-order valence-electron chi connectivity index (χ1n) is 5.44. The molecule has 5 heteroatoms. The zero-order valence-corrected chi connectivity index (χ0v) is 9.28. The minimum absolute atomic E-state index is 0.0969. The fourth-order valence-electron chi connectivity index (χ4n) is 1.93. The number of halogens is 1. The third-order valence-electron chi connectivity index (χ3n) is 2.70. The Morgan fingerprint density at radius 3 is 2.41 bits per heavy atom. The Morgan fingerprint density at radius 1 is 1.18 bits per heavy atom. The first-order chi connectivity index (χ1) is 8.06. The van der Waals surface area contributed by atoms with Crippen LogP contribution < -0.4 is 5.73 Å². The van der Waals surface area contributed by atoms with Crippen LogP contribution in [0.2, 0.25) is 0 Å². The highest BCUT2D eigenvalue weighted by atomic mass is 19.1. The van der Waals surface area contributed by atoms with Crippen LogP contribution in [0.15, 0.2) is 18.2 Å². The summed E-state index contributed by atoms with van der Waals surface area (Å²) in [4.78, 5) is 24.3. The van der Waals surface area contributed by atoms with Crippen molar-refractivity contribution in [3.8, 4) is 0 Å². The van der Waals surface area contributed by atoms with Crippen molar-refractivity contribution in [1.82, 2.24) is 4.90 Å². The zero-order chi connectivity index (χ0) is 12.4. The molecule has 0 unspecified atom stereocenters. The van der Waals surface area contributed by atoms with E-state index in [1.54, 1.807) is 6.07 Å². The number of carbonyl (C=O) groups excluding carboxylic acids is 2. The molecule has 0 bridgehead atoms. The van der Waals surface area contributed by atoms with Gasteiger partial charge in [-0.15, -0.1) is 0 Å². The highest BCUT2D eigenvalue weighted by Crippen LogP contribution is 2.18. The van der Waals surface area contributed by atoms with Gasteiger partial charge >= 0.3 is 0 Å². The van der Waals surface area contributed by atoms with Gasteiger partial charge in [-0.1, -0.05) is 0 Å². The van der Waals surface area contributed by atoms with Gasteiger partial charge in [0.2, 0.25) is 11.8 Å². The van der Waals surface area contributed by atoms with Crippen molar-refractivity contribution in [3.05, 3.63) is 29.6 Å². The number of rotatable bonds is 2. The molecule has 1 aliphatic rings. The van der Waals surface area contributed by atoms with E-state index in [-0.39, 0.29) is 24.0 Å². The Labute approximate surface area is 98.2 Å². The van der Waals surface area contributed by atoms with Gasteiger partial charge in [0, 0.05) is 18.5 Å². The number of nitrogens with zero attached hydrogens (tertiary/aromatic N) is 1. The van der Waals surface area contributed by atoms with Crippen LogP contribution >= 0.6 is 0 Å². The molecule has 0 aromatic heterocycles. The normalized spacial score (nSPS) is 16.4. The summed E-state index contributed by atoms with van der Waals surface area (Å²) < 4.78 is 13.1. The quantitative estimate of drug-likeness (QED) is 0.624. The van der Waals surface area contributed by atoms with Crippen molar-refractivity contribution in [3.63, 3.8) is 0 Å². The summed E-state index contributed by atoms with van der Waals surface area (Å²) in [6.45, 7) is 0.0969. The van der Waals surface area contributed by atoms with Crippen LogP contribution in [-0.4, -0.2) is 16.7 Å². The van der Waals surface area contributed by atoms with Crippen molar-refractivity contribution in [2.45, 2.75) is 25.8 Å². The molecule has 0 saturated carbocycles. The minimum Gasteiger partial charge on any atom is -0.399 e. The van der Waals surface area contributed by atoms with E-state index >= 15 is 0 Å². The van der Waals surface area contributed by atoms with E-state index < -0.39 is 5.82 Å². The van der Waals surface area contributed by atoms with E-state index in [9.17, 15) is 14.0 Å². The summed E-state index contributed by atoms with van der Waals surface area (Å²) >= 11 is 0. The fraction of sp³-hybridized carbons (Fsp3) is 0.333. The summed E-state index contributed by atoms with van der Waals surface area (Å²) in [5.41, 5.74) is 6.33. The summed E-state index contributed by atoms with van der Waals surface area (Å²) in [6.07, 6.45) is 1.34. The number of imide groups is 1. The number of piperidine rings is 1. The van der Waals surface area contributed by atoms with Crippen LogP contribution in [0.3, 0.4) is 0 Å². The number of nitrogen functional groups attached to an aromatic ring is 1. The molecule has 4 nitrogen and oxygen atoms in total. The zero-order valence-electron chi connectivity index (χ0n) is 9.28. The Balaban J connectivity index is 2.19. The second-order valence-corrected chi connectivity index (χ2v) is 4.12. The van der Waals surface area contributed by atoms with Gasteiger partial charge in [0.1, 0.15) is 5.82 Å². The number of hydrogen-bond donors (Lipinski definition) is 1. The molecule has 2 N–H and O–H groups in total. The van der Waals surface area contributed by atoms with Crippen molar-refractivity contribution >= 4 is 17.5 Å². The molecule has 17 heavy (non-hydrogen) atoms. The van der Waals surface area contributed by atoms with Gasteiger partial charge in [-0.05, 0) is 30.2 Å². The molecule has 0 radical (unpaired) electrons. The van der Waals surface area contributed by atoms with E-state index in [1.807, 2.05) is 0 Å². The average molecular weight is 236 g/mol. The molecular weight excluding hydrogens is 223 g/mol. The minimum atomic E-state index is -0.461. The highest BCUT2D eigenvalue weighted by Gasteiger charge is 2.25. The second-order valence-electron chi connectivity index (χ2n) is 4.12. The number of nitrogens with two attached hydrogens (primary N) is 1. The Morgan fingerprint density at radius 2 is 1.82 bits per heavy atom. The van der Waals surface area contributed by atoms with Crippen molar-refractivity contribution in [2.24, 2.45) is 0 Å². The summed E-state index contributed by atoms with van der Waals surface area (Å²) in [6, 6.07) is 4.05. The monoisotopic (exact) mass is 236 g/mol. The molecule has 0 spiro atoms. The largest absolute Gasteiger partial charge is 0.399 e. The summed E-state index contributed by atoms with van der Waals surface area (Å²) in [7, 11) is 0. The number of amides is 2. The molecule has 1 fully saturated rings. The van der Waals surface area contributed by atoms with Crippen LogP contribution in [0.25, 0.3) is 0 Å². The van der Waals surface area contributed by atoms with Crippen LogP contribution in [0.1, 0.15) is 24.8 Å². The topological polar surface area (TPSA) is 63.4 Å². The SMILES string of the molecule is Nc1cc(F)cc(CN2C(=O)CCCC2=O)c1. The lowest BCUT2D eigenvalue weighted by Crippen LogP contribution is -2.39. The van der Waals surface area contributed by atoms with Crippen molar-refractivity contribution < 1.29 is 14.0 Å². The molecule has 1 aromatic carbocycles. The van der Waals surface area contributed by atoms with Gasteiger partial charge < -0.3 is 5.73 Å². The lowest BCUT2D eigenvalue weighted by molar-refractivity contribution is -0.148. The molecule has 0 atom stereocenters. The van der Waals surface area contributed by atoms with Crippen LogP contribution in [0.4, 0.5) is 10.1 Å². The molecule has 0 aliphatic carbocycles. The standard InChI is InChI=1S/C12H13FN2O2/c13-9-4-8(5-10(14)6-9)7-15-11(16)2-1-3-12(15)17/h4-6H,1-3,7,14H2. The van der Waals surface area contributed by atoms with E-state index in [0.717, 1.165) is 4.90 Å². The maximum absolute atomic E-state index is 13.1. The first-order valence-corrected chi connectivity index (χ1v) is 5.44. The molecule has 90 valence electrons. The Kier molecular flexibility index (Phi) is 3.08. The van der Waals surface area contributed by atoms with Crippen LogP contribution in [-0.2, 0) is 16.1 Å². The first kappa shape index (κ1) is 11.6. The van der Waals surface area contributed by atoms with Gasteiger partial charge in [-0.25, -0.2) is 4.39 Å². The summed E-state index contributed by atoms with van der Waals surface area (Å²) in [5, 5.41) is 0. The summed E-state index contributed by atoms with van der Waals surface area (Å²) in [5.74, 6) is -0.870. The van der Waals surface area contributed by atoms with Crippen molar-refractivity contribution in [1.29, 1.82) is 0 Å². The molecule has 1 heterocycles.